The van der Waals surface area contributed by atoms with Crippen molar-refractivity contribution >= 4 is 5.91 Å². The highest BCUT2D eigenvalue weighted by Crippen LogP contribution is 2.20. The number of hydrogen-bond acceptors (Lipinski definition) is 1. The van der Waals surface area contributed by atoms with Crippen molar-refractivity contribution in [3.63, 3.8) is 0 Å². The van der Waals surface area contributed by atoms with Gasteiger partial charge in [0.05, 0.1) is 6.42 Å². The number of carbonyl (C=O) groups excluding carboxylic acids is 1. The predicted molar refractivity (Wildman–Crippen MR) is 43.1 cm³/mol. The molecule has 0 bridgehead atoms. The normalized spacial score (nSPS) is 11.8. The van der Waals surface area contributed by atoms with Crippen molar-refractivity contribution in [1.29, 1.82) is 0 Å². The molecule has 0 unspecified atom stereocenters. The second-order valence-corrected chi connectivity index (χ2v) is 3.31. The third-order valence-corrected chi connectivity index (χ3v) is 1.34. The van der Waals surface area contributed by atoms with E-state index in [2.05, 4.69) is 5.32 Å². The summed E-state index contributed by atoms with van der Waals surface area (Å²) in [5.74, 6) is -0.277. The topological polar surface area (TPSA) is 29.1 Å². The molecule has 0 radical (unpaired) electrons. The van der Waals surface area contributed by atoms with E-state index in [0.29, 0.717) is 6.54 Å². The average molecular weight is 197 g/mol. The standard InChI is InChI=1S/C8H14F3NO/c1-6(2)5-12-7(13)3-4-8(9,10)11/h6H,3-5H2,1-2H3,(H,12,13). The first-order chi connectivity index (χ1) is 5.81. The van der Waals surface area contributed by atoms with Crippen molar-refractivity contribution in [3.8, 4) is 0 Å². The molecule has 0 aromatic heterocycles. The van der Waals surface area contributed by atoms with Crippen LogP contribution < -0.4 is 5.32 Å². The fraction of sp³-hybridized carbons (Fsp3) is 0.875. The van der Waals surface area contributed by atoms with Gasteiger partial charge in [-0.1, -0.05) is 13.8 Å². The molecule has 2 nitrogen and oxygen atoms in total. The summed E-state index contributed by atoms with van der Waals surface area (Å²) < 4.78 is 34.9. The second-order valence-electron chi connectivity index (χ2n) is 3.31. The van der Waals surface area contributed by atoms with Gasteiger partial charge in [-0.3, -0.25) is 4.79 Å². The summed E-state index contributed by atoms with van der Waals surface area (Å²) in [6.07, 6.45) is -5.76. The van der Waals surface area contributed by atoms with Crippen LogP contribution in [0.15, 0.2) is 0 Å². The maximum absolute atomic E-state index is 11.6. The molecule has 0 aromatic carbocycles. The Hall–Kier alpha value is -0.740. The zero-order chi connectivity index (χ0) is 10.5. The minimum absolute atomic E-state index is 0.259. The van der Waals surface area contributed by atoms with E-state index in [1.54, 1.807) is 0 Å². The molecule has 0 fully saturated rings. The Morgan fingerprint density at radius 3 is 2.31 bits per heavy atom. The lowest BCUT2D eigenvalue weighted by Crippen LogP contribution is -2.28. The third kappa shape index (κ3) is 9.17. The zero-order valence-corrected chi connectivity index (χ0v) is 7.74. The third-order valence-electron chi connectivity index (χ3n) is 1.34. The van der Waals surface area contributed by atoms with Gasteiger partial charge in [-0.05, 0) is 5.92 Å². The van der Waals surface area contributed by atoms with Gasteiger partial charge < -0.3 is 5.32 Å². The lowest BCUT2D eigenvalue weighted by molar-refractivity contribution is -0.144. The van der Waals surface area contributed by atoms with Crippen molar-refractivity contribution in [3.05, 3.63) is 0 Å². The fourth-order valence-electron chi connectivity index (χ4n) is 0.662. The Labute approximate surface area is 75.5 Å². The van der Waals surface area contributed by atoms with Gasteiger partial charge in [0.1, 0.15) is 0 Å². The van der Waals surface area contributed by atoms with Gasteiger partial charge >= 0.3 is 6.18 Å². The van der Waals surface area contributed by atoms with E-state index < -0.39 is 24.9 Å². The van der Waals surface area contributed by atoms with E-state index in [-0.39, 0.29) is 5.92 Å². The van der Waals surface area contributed by atoms with Crippen LogP contribution in [0.1, 0.15) is 26.7 Å². The molecule has 1 amide bonds. The number of nitrogens with one attached hydrogen (secondary N) is 1. The molecular formula is C8H14F3NO. The Balaban J connectivity index is 3.53. The maximum Gasteiger partial charge on any atom is 0.389 e. The highest BCUT2D eigenvalue weighted by Gasteiger charge is 2.27. The highest BCUT2D eigenvalue weighted by atomic mass is 19.4. The summed E-state index contributed by atoms with van der Waals surface area (Å²) in [6, 6.07) is 0. The lowest BCUT2D eigenvalue weighted by Gasteiger charge is -2.08. The lowest BCUT2D eigenvalue weighted by atomic mass is 10.2. The van der Waals surface area contributed by atoms with E-state index in [1.807, 2.05) is 13.8 Å². The molecule has 0 saturated heterocycles. The van der Waals surface area contributed by atoms with E-state index in [0.717, 1.165) is 0 Å². The van der Waals surface area contributed by atoms with Crippen LogP contribution in [0.4, 0.5) is 13.2 Å². The van der Waals surface area contributed by atoms with Crippen LogP contribution >= 0.6 is 0 Å². The Kier molecular flexibility index (Phi) is 4.80. The van der Waals surface area contributed by atoms with E-state index >= 15 is 0 Å². The molecule has 0 aliphatic heterocycles. The minimum Gasteiger partial charge on any atom is -0.356 e. The average Bonchev–Trinajstić information content (AvgIpc) is 1.95. The molecule has 0 aliphatic rings. The predicted octanol–water partition coefficient (Wildman–Crippen LogP) is 2.10. The van der Waals surface area contributed by atoms with Crippen LogP contribution in [0.3, 0.4) is 0 Å². The Morgan fingerprint density at radius 2 is 1.92 bits per heavy atom. The van der Waals surface area contributed by atoms with E-state index in [9.17, 15) is 18.0 Å². The van der Waals surface area contributed by atoms with Gasteiger partial charge in [0.15, 0.2) is 0 Å². The molecule has 5 heteroatoms. The van der Waals surface area contributed by atoms with Crippen LogP contribution in [-0.2, 0) is 4.79 Å². The van der Waals surface area contributed by atoms with Gasteiger partial charge in [0, 0.05) is 13.0 Å². The molecule has 0 aromatic rings. The van der Waals surface area contributed by atoms with Crippen molar-refractivity contribution in [2.45, 2.75) is 32.9 Å². The number of hydrogen-bond donors (Lipinski definition) is 1. The number of rotatable bonds is 4. The van der Waals surface area contributed by atoms with Crippen LogP contribution in [0.2, 0.25) is 0 Å². The number of amides is 1. The molecule has 0 atom stereocenters. The summed E-state index contributed by atoms with van der Waals surface area (Å²) >= 11 is 0. The summed E-state index contributed by atoms with van der Waals surface area (Å²) in [6.45, 7) is 4.19. The second kappa shape index (κ2) is 5.09. The maximum atomic E-state index is 11.6. The molecule has 0 rings (SSSR count). The first kappa shape index (κ1) is 12.3. The first-order valence-corrected chi connectivity index (χ1v) is 4.14. The van der Waals surface area contributed by atoms with Gasteiger partial charge in [-0.25, -0.2) is 0 Å². The van der Waals surface area contributed by atoms with E-state index in [4.69, 9.17) is 0 Å². The SMILES string of the molecule is CC(C)CNC(=O)CCC(F)(F)F. The molecule has 1 N–H and O–H groups in total. The summed E-state index contributed by atoms with van der Waals surface area (Å²) in [5.41, 5.74) is 0. The van der Waals surface area contributed by atoms with Crippen molar-refractivity contribution < 1.29 is 18.0 Å². The largest absolute Gasteiger partial charge is 0.389 e. The molecule has 78 valence electrons. The highest BCUT2D eigenvalue weighted by molar-refractivity contribution is 5.75. The molecule has 0 saturated carbocycles. The molecule has 0 aliphatic carbocycles. The zero-order valence-electron chi connectivity index (χ0n) is 7.74. The quantitative estimate of drug-likeness (QED) is 0.734. The van der Waals surface area contributed by atoms with Crippen molar-refractivity contribution in [2.24, 2.45) is 5.92 Å². The van der Waals surface area contributed by atoms with Crippen LogP contribution in [0.25, 0.3) is 0 Å². The monoisotopic (exact) mass is 197 g/mol. The molecule has 0 spiro atoms. The van der Waals surface area contributed by atoms with Crippen LogP contribution in [0, 0.1) is 5.92 Å². The van der Waals surface area contributed by atoms with Gasteiger partial charge in [0.2, 0.25) is 5.91 Å². The number of halogens is 3. The van der Waals surface area contributed by atoms with Gasteiger partial charge in [0.25, 0.3) is 0 Å². The molecule has 13 heavy (non-hydrogen) atoms. The van der Waals surface area contributed by atoms with Gasteiger partial charge in [-0.15, -0.1) is 0 Å². The van der Waals surface area contributed by atoms with Crippen LogP contribution in [0.5, 0.6) is 0 Å². The number of carbonyl (C=O) groups is 1. The molecular weight excluding hydrogens is 183 g/mol. The van der Waals surface area contributed by atoms with Crippen LogP contribution in [-0.4, -0.2) is 18.6 Å². The smallest absolute Gasteiger partial charge is 0.356 e. The molecule has 0 heterocycles. The van der Waals surface area contributed by atoms with E-state index in [1.165, 1.54) is 0 Å². The fourth-order valence-corrected chi connectivity index (χ4v) is 0.662. The van der Waals surface area contributed by atoms with Gasteiger partial charge in [-0.2, -0.15) is 13.2 Å². The summed E-state index contributed by atoms with van der Waals surface area (Å²) in [7, 11) is 0. The minimum atomic E-state index is -4.24. The Morgan fingerprint density at radius 1 is 1.38 bits per heavy atom. The summed E-state index contributed by atoms with van der Waals surface area (Å²) in [5, 5.41) is 2.42. The summed E-state index contributed by atoms with van der Waals surface area (Å²) in [4.78, 5) is 10.8. The van der Waals surface area contributed by atoms with Crippen molar-refractivity contribution in [1.82, 2.24) is 5.32 Å². The first-order valence-electron chi connectivity index (χ1n) is 4.14. The Bertz CT molecular complexity index is 165. The van der Waals surface area contributed by atoms with Crippen molar-refractivity contribution in [2.75, 3.05) is 6.54 Å². The number of alkyl halides is 3.